The summed E-state index contributed by atoms with van der Waals surface area (Å²) in [6.45, 7) is 5.95. The van der Waals surface area contributed by atoms with Gasteiger partial charge in [0.1, 0.15) is 6.61 Å². The van der Waals surface area contributed by atoms with Crippen molar-refractivity contribution < 1.29 is 14.2 Å². The van der Waals surface area contributed by atoms with Gasteiger partial charge in [-0.25, -0.2) is 4.39 Å². The highest BCUT2D eigenvalue weighted by Crippen LogP contribution is 2.17. The Morgan fingerprint density at radius 1 is 1.41 bits per heavy atom. The van der Waals surface area contributed by atoms with Gasteiger partial charge in [-0.1, -0.05) is 26.0 Å². The second kappa shape index (κ2) is 5.98. The fraction of sp³-hybridized carbons (Fsp3) is 0.538. The minimum Gasteiger partial charge on any atom is -0.489 e. The smallest absolute Gasteiger partial charge is 0.165 e. The molecule has 0 radical (unpaired) electrons. The fourth-order valence-corrected chi connectivity index (χ4v) is 1.63. The van der Waals surface area contributed by atoms with Crippen LogP contribution in [0.25, 0.3) is 0 Å². The lowest BCUT2D eigenvalue weighted by molar-refractivity contribution is 0.106. The number of aliphatic hydroxyl groups excluding tert-OH is 1. The van der Waals surface area contributed by atoms with Crippen LogP contribution in [0.3, 0.4) is 0 Å². The minimum atomic E-state index is -0.573. The molecular formula is C13H20FNO2. The minimum absolute atomic E-state index is 0.0698. The van der Waals surface area contributed by atoms with Crippen LogP contribution in [0, 0.1) is 5.82 Å². The SMILES string of the molecule is CC(C)NC(C)(CO)COc1ccccc1F. The van der Waals surface area contributed by atoms with Crippen LogP contribution in [0.15, 0.2) is 24.3 Å². The summed E-state index contributed by atoms with van der Waals surface area (Å²) in [6.07, 6.45) is 0. The van der Waals surface area contributed by atoms with Crippen molar-refractivity contribution >= 4 is 0 Å². The third-order valence-corrected chi connectivity index (χ3v) is 2.37. The van der Waals surface area contributed by atoms with E-state index in [1.807, 2.05) is 20.8 Å². The van der Waals surface area contributed by atoms with Crippen LogP contribution in [0.4, 0.5) is 4.39 Å². The lowest BCUT2D eigenvalue weighted by Crippen LogP contribution is -2.53. The summed E-state index contributed by atoms with van der Waals surface area (Å²) >= 11 is 0. The second-order valence-electron chi connectivity index (χ2n) is 4.74. The maximum atomic E-state index is 13.3. The van der Waals surface area contributed by atoms with Crippen molar-refractivity contribution in [3.8, 4) is 5.75 Å². The largest absolute Gasteiger partial charge is 0.489 e. The number of rotatable bonds is 6. The predicted molar refractivity (Wildman–Crippen MR) is 65.7 cm³/mol. The Kier molecular flexibility index (Phi) is 4.90. The Labute approximate surface area is 102 Å². The molecule has 1 unspecified atom stereocenters. The number of benzene rings is 1. The molecule has 0 aliphatic heterocycles. The molecule has 0 bridgehead atoms. The van der Waals surface area contributed by atoms with Crippen molar-refractivity contribution in [1.29, 1.82) is 0 Å². The number of aliphatic hydroxyl groups is 1. The highest BCUT2D eigenvalue weighted by Gasteiger charge is 2.25. The van der Waals surface area contributed by atoms with E-state index >= 15 is 0 Å². The standard InChI is InChI=1S/C13H20FNO2/c1-10(2)15-13(3,8-16)9-17-12-7-5-4-6-11(12)14/h4-7,10,15-16H,8-9H2,1-3H3. The monoisotopic (exact) mass is 241 g/mol. The highest BCUT2D eigenvalue weighted by molar-refractivity contribution is 5.23. The summed E-state index contributed by atoms with van der Waals surface area (Å²) in [6, 6.07) is 6.46. The first-order chi connectivity index (χ1) is 7.97. The Hall–Kier alpha value is -1.13. The molecule has 4 heteroatoms. The molecule has 17 heavy (non-hydrogen) atoms. The van der Waals surface area contributed by atoms with Crippen LogP contribution in [-0.4, -0.2) is 29.9 Å². The third kappa shape index (κ3) is 4.32. The number of nitrogens with one attached hydrogen (secondary N) is 1. The van der Waals surface area contributed by atoms with Gasteiger partial charge in [-0.15, -0.1) is 0 Å². The molecule has 0 spiro atoms. The molecule has 0 aromatic heterocycles. The van der Waals surface area contributed by atoms with Crippen LogP contribution < -0.4 is 10.1 Å². The Morgan fingerprint density at radius 3 is 2.59 bits per heavy atom. The zero-order valence-corrected chi connectivity index (χ0v) is 10.5. The van der Waals surface area contributed by atoms with Crippen molar-refractivity contribution in [1.82, 2.24) is 5.32 Å². The lowest BCUT2D eigenvalue weighted by atomic mass is 10.0. The maximum Gasteiger partial charge on any atom is 0.165 e. The molecule has 0 saturated heterocycles. The van der Waals surface area contributed by atoms with Gasteiger partial charge in [-0.3, -0.25) is 0 Å². The molecule has 96 valence electrons. The van der Waals surface area contributed by atoms with Gasteiger partial charge in [0.25, 0.3) is 0 Å². The van der Waals surface area contributed by atoms with Crippen molar-refractivity contribution in [2.75, 3.05) is 13.2 Å². The molecule has 2 N–H and O–H groups in total. The average Bonchev–Trinajstić information content (AvgIpc) is 2.27. The average molecular weight is 241 g/mol. The van der Waals surface area contributed by atoms with E-state index in [1.165, 1.54) is 6.07 Å². The van der Waals surface area contributed by atoms with E-state index in [1.54, 1.807) is 18.2 Å². The summed E-state index contributed by atoms with van der Waals surface area (Å²) < 4.78 is 18.7. The Morgan fingerprint density at radius 2 is 2.06 bits per heavy atom. The van der Waals surface area contributed by atoms with Crippen LogP contribution in [0.5, 0.6) is 5.75 Å². The summed E-state index contributed by atoms with van der Waals surface area (Å²) in [5.74, 6) is -0.185. The van der Waals surface area contributed by atoms with Crippen molar-refractivity contribution in [3.05, 3.63) is 30.1 Å². The first-order valence-electron chi connectivity index (χ1n) is 5.73. The van der Waals surface area contributed by atoms with Crippen molar-refractivity contribution in [2.45, 2.75) is 32.4 Å². The number of hydrogen-bond donors (Lipinski definition) is 2. The molecule has 1 aromatic carbocycles. The second-order valence-corrected chi connectivity index (χ2v) is 4.74. The van der Waals surface area contributed by atoms with Gasteiger partial charge < -0.3 is 15.2 Å². The van der Waals surface area contributed by atoms with Gasteiger partial charge in [0.2, 0.25) is 0 Å². The van der Waals surface area contributed by atoms with Gasteiger partial charge in [-0.05, 0) is 19.1 Å². The predicted octanol–water partition coefficient (Wildman–Crippen LogP) is 1.95. The topological polar surface area (TPSA) is 41.5 Å². The van der Waals surface area contributed by atoms with Gasteiger partial charge >= 0.3 is 0 Å². The van der Waals surface area contributed by atoms with Crippen LogP contribution >= 0.6 is 0 Å². The lowest BCUT2D eigenvalue weighted by Gasteiger charge is -2.30. The molecular weight excluding hydrogens is 221 g/mol. The molecule has 0 heterocycles. The summed E-state index contributed by atoms with van der Waals surface area (Å²) in [7, 11) is 0. The van der Waals surface area contributed by atoms with E-state index in [2.05, 4.69) is 5.32 Å². The van der Waals surface area contributed by atoms with E-state index in [9.17, 15) is 9.50 Å². The van der Waals surface area contributed by atoms with E-state index in [-0.39, 0.29) is 25.0 Å². The zero-order chi connectivity index (χ0) is 12.9. The van der Waals surface area contributed by atoms with E-state index in [0.717, 1.165) is 0 Å². The molecule has 0 aliphatic rings. The number of hydrogen-bond acceptors (Lipinski definition) is 3. The molecule has 1 aromatic rings. The summed E-state index contributed by atoms with van der Waals surface area (Å²) in [5, 5.41) is 12.5. The molecule has 1 rings (SSSR count). The Balaban J connectivity index is 2.62. The molecule has 0 fully saturated rings. The zero-order valence-electron chi connectivity index (χ0n) is 10.5. The molecule has 0 saturated carbocycles. The highest BCUT2D eigenvalue weighted by atomic mass is 19.1. The number of ether oxygens (including phenoxy) is 1. The van der Waals surface area contributed by atoms with Crippen LogP contribution in [-0.2, 0) is 0 Å². The summed E-state index contributed by atoms with van der Waals surface area (Å²) in [5.41, 5.74) is -0.573. The molecule has 3 nitrogen and oxygen atoms in total. The molecule has 0 amide bonds. The Bertz CT molecular complexity index is 357. The van der Waals surface area contributed by atoms with Crippen LogP contribution in [0.1, 0.15) is 20.8 Å². The number of para-hydroxylation sites is 1. The first kappa shape index (κ1) is 13.9. The summed E-state index contributed by atoms with van der Waals surface area (Å²) in [4.78, 5) is 0. The van der Waals surface area contributed by atoms with E-state index in [0.29, 0.717) is 0 Å². The van der Waals surface area contributed by atoms with Crippen LogP contribution in [0.2, 0.25) is 0 Å². The van der Waals surface area contributed by atoms with Gasteiger partial charge in [0.15, 0.2) is 11.6 Å². The van der Waals surface area contributed by atoms with E-state index < -0.39 is 11.4 Å². The van der Waals surface area contributed by atoms with E-state index in [4.69, 9.17) is 4.74 Å². The van der Waals surface area contributed by atoms with Crippen molar-refractivity contribution in [3.63, 3.8) is 0 Å². The molecule has 0 aliphatic carbocycles. The van der Waals surface area contributed by atoms with Gasteiger partial charge in [0.05, 0.1) is 12.1 Å². The van der Waals surface area contributed by atoms with Gasteiger partial charge in [0, 0.05) is 6.04 Å². The van der Waals surface area contributed by atoms with Crippen molar-refractivity contribution in [2.24, 2.45) is 0 Å². The third-order valence-electron chi connectivity index (χ3n) is 2.37. The maximum absolute atomic E-state index is 13.3. The molecule has 1 atom stereocenters. The number of halogens is 1. The first-order valence-corrected chi connectivity index (χ1v) is 5.73. The fourth-order valence-electron chi connectivity index (χ4n) is 1.63. The normalized spacial score (nSPS) is 14.7. The van der Waals surface area contributed by atoms with Gasteiger partial charge in [-0.2, -0.15) is 0 Å². The quantitative estimate of drug-likeness (QED) is 0.800.